The molecule has 0 N–H and O–H groups in total. The Kier molecular flexibility index (Phi) is 2.65. The van der Waals surface area contributed by atoms with Gasteiger partial charge >= 0.3 is 5.97 Å². The van der Waals surface area contributed by atoms with Crippen LogP contribution in [0.15, 0.2) is 12.7 Å². The summed E-state index contributed by atoms with van der Waals surface area (Å²) >= 11 is 0. The maximum atomic E-state index is 10.7. The van der Waals surface area contributed by atoms with Crippen LogP contribution in [0.5, 0.6) is 0 Å². The number of hydrogen-bond donors (Lipinski definition) is 0. The van der Waals surface area contributed by atoms with E-state index >= 15 is 0 Å². The fraction of sp³-hybridized carbons (Fsp3) is 0.625. The van der Waals surface area contributed by atoms with E-state index in [0.717, 1.165) is 0 Å². The third-order valence-corrected chi connectivity index (χ3v) is 1.64. The van der Waals surface area contributed by atoms with Crippen molar-refractivity contribution in [1.82, 2.24) is 0 Å². The van der Waals surface area contributed by atoms with E-state index in [2.05, 4.69) is 6.58 Å². The maximum Gasteiger partial charge on any atom is 0.308 e. The fourth-order valence-corrected chi connectivity index (χ4v) is 1.05. The van der Waals surface area contributed by atoms with Crippen LogP contribution >= 0.6 is 0 Å². The monoisotopic (exact) mass is 156 g/mol. The molecule has 2 atom stereocenters. The first-order valence-corrected chi connectivity index (χ1v) is 3.66. The maximum absolute atomic E-state index is 10.7. The lowest BCUT2D eigenvalue weighted by molar-refractivity contribution is -0.141. The molecule has 0 bridgehead atoms. The van der Waals surface area contributed by atoms with Crippen molar-refractivity contribution in [1.29, 1.82) is 0 Å². The smallest absolute Gasteiger partial charge is 0.308 e. The van der Waals surface area contributed by atoms with Crippen LogP contribution in [-0.4, -0.2) is 24.8 Å². The summed E-state index contributed by atoms with van der Waals surface area (Å²) in [6, 6.07) is 0. The molecule has 0 aliphatic carbocycles. The Balaban J connectivity index is 2.34. The highest BCUT2D eigenvalue weighted by atomic mass is 16.6. The minimum atomic E-state index is -0.174. The number of rotatable bonds is 3. The molecule has 0 amide bonds. The van der Waals surface area contributed by atoms with Crippen LogP contribution in [0.2, 0.25) is 0 Å². The van der Waals surface area contributed by atoms with Crippen LogP contribution < -0.4 is 0 Å². The average molecular weight is 156 g/mol. The van der Waals surface area contributed by atoms with Gasteiger partial charge in [-0.25, -0.2) is 0 Å². The SMILES string of the molecule is C=CCOC1CC(=O)OC1C. The normalized spacial score (nSPS) is 30.1. The van der Waals surface area contributed by atoms with Gasteiger partial charge in [0.25, 0.3) is 0 Å². The molecule has 3 nitrogen and oxygen atoms in total. The van der Waals surface area contributed by atoms with E-state index in [1.807, 2.05) is 6.92 Å². The molecule has 0 spiro atoms. The topological polar surface area (TPSA) is 35.5 Å². The molecule has 1 rings (SSSR count). The molecular formula is C8H12O3. The third-order valence-electron chi connectivity index (χ3n) is 1.64. The largest absolute Gasteiger partial charge is 0.460 e. The van der Waals surface area contributed by atoms with Gasteiger partial charge in [-0.3, -0.25) is 4.79 Å². The minimum Gasteiger partial charge on any atom is -0.460 e. The van der Waals surface area contributed by atoms with Gasteiger partial charge in [0.2, 0.25) is 0 Å². The fourth-order valence-electron chi connectivity index (χ4n) is 1.05. The molecule has 2 unspecified atom stereocenters. The number of hydrogen-bond acceptors (Lipinski definition) is 3. The lowest BCUT2D eigenvalue weighted by atomic mass is 10.2. The summed E-state index contributed by atoms with van der Waals surface area (Å²) in [4.78, 5) is 10.7. The van der Waals surface area contributed by atoms with Crippen molar-refractivity contribution in [2.24, 2.45) is 0 Å². The van der Waals surface area contributed by atoms with E-state index in [-0.39, 0.29) is 18.2 Å². The zero-order valence-electron chi connectivity index (χ0n) is 6.58. The van der Waals surface area contributed by atoms with E-state index in [1.165, 1.54) is 0 Å². The van der Waals surface area contributed by atoms with Crippen molar-refractivity contribution in [3.63, 3.8) is 0 Å². The molecule has 1 aliphatic heterocycles. The highest BCUT2D eigenvalue weighted by molar-refractivity contribution is 5.72. The van der Waals surface area contributed by atoms with Crippen LogP contribution in [0, 0.1) is 0 Å². The van der Waals surface area contributed by atoms with E-state index in [4.69, 9.17) is 9.47 Å². The van der Waals surface area contributed by atoms with Crippen molar-refractivity contribution in [3.05, 3.63) is 12.7 Å². The van der Waals surface area contributed by atoms with Gasteiger partial charge in [-0.1, -0.05) is 6.08 Å². The minimum absolute atomic E-state index is 0.0829. The molecule has 11 heavy (non-hydrogen) atoms. The Labute approximate surface area is 66.0 Å². The van der Waals surface area contributed by atoms with Crippen molar-refractivity contribution < 1.29 is 14.3 Å². The molecular weight excluding hydrogens is 144 g/mol. The third kappa shape index (κ3) is 2.05. The highest BCUT2D eigenvalue weighted by Gasteiger charge is 2.31. The summed E-state index contributed by atoms with van der Waals surface area (Å²) in [7, 11) is 0. The Hall–Kier alpha value is -0.830. The molecule has 0 radical (unpaired) electrons. The molecule has 1 saturated heterocycles. The predicted octanol–water partition coefficient (Wildman–Crippen LogP) is 0.893. The Bertz CT molecular complexity index is 165. The second-order valence-electron chi connectivity index (χ2n) is 2.56. The van der Waals surface area contributed by atoms with Gasteiger partial charge < -0.3 is 9.47 Å². The zero-order valence-corrected chi connectivity index (χ0v) is 6.58. The van der Waals surface area contributed by atoms with Crippen LogP contribution in [0.1, 0.15) is 13.3 Å². The van der Waals surface area contributed by atoms with Crippen LogP contribution in [0.25, 0.3) is 0 Å². The van der Waals surface area contributed by atoms with Gasteiger partial charge in [0.15, 0.2) is 0 Å². The summed E-state index contributed by atoms with van der Waals surface area (Å²) in [5.41, 5.74) is 0. The van der Waals surface area contributed by atoms with E-state index in [9.17, 15) is 4.79 Å². The average Bonchev–Trinajstić information content (AvgIpc) is 2.26. The molecule has 62 valence electrons. The molecule has 0 aromatic heterocycles. The second-order valence-corrected chi connectivity index (χ2v) is 2.56. The van der Waals surface area contributed by atoms with Crippen LogP contribution in [-0.2, 0) is 14.3 Å². The first-order chi connectivity index (χ1) is 5.24. The first-order valence-electron chi connectivity index (χ1n) is 3.66. The summed E-state index contributed by atoms with van der Waals surface area (Å²) in [5, 5.41) is 0. The van der Waals surface area contributed by atoms with Gasteiger partial charge in [-0.2, -0.15) is 0 Å². The molecule has 1 fully saturated rings. The number of carbonyl (C=O) groups excluding carboxylic acids is 1. The molecule has 1 heterocycles. The molecule has 0 aromatic carbocycles. The van der Waals surface area contributed by atoms with Crippen molar-refractivity contribution >= 4 is 5.97 Å². The number of esters is 1. The summed E-state index contributed by atoms with van der Waals surface area (Å²) in [5.74, 6) is -0.174. The van der Waals surface area contributed by atoms with E-state index in [1.54, 1.807) is 6.08 Å². The predicted molar refractivity (Wildman–Crippen MR) is 40.1 cm³/mol. The molecule has 1 aliphatic rings. The quantitative estimate of drug-likeness (QED) is 0.449. The molecule has 3 heteroatoms. The first kappa shape index (κ1) is 8.27. The second kappa shape index (κ2) is 3.53. The van der Waals surface area contributed by atoms with Gasteiger partial charge in [0, 0.05) is 0 Å². The number of cyclic esters (lactones) is 1. The highest BCUT2D eigenvalue weighted by Crippen LogP contribution is 2.17. The Morgan fingerprint density at radius 2 is 2.64 bits per heavy atom. The summed E-state index contributed by atoms with van der Waals surface area (Å²) in [6.07, 6.45) is 1.84. The lowest BCUT2D eigenvalue weighted by Gasteiger charge is -2.11. The van der Waals surface area contributed by atoms with Crippen molar-refractivity contribution in [2.45, 2.75) is 25.6 Å². The van der Waals surface area contributed by atoms with Gasteiger partial charge in [-0.05, 0) is 6.92 Å². The standard InChI is InChI=1S/C8H12O3/c1-3-4-10-7-5-8(9)11-6(7)2/h3,6-7H,1,4-5H2,2H3. The van der Waals surface area contributed by atoms with Crippen LogP contribution in [0.3, 0.4) is 0 Å². The van der Waals surface area contributed by atoms with E-state index < -0.39 is 0 Å². The number of carbonyl (C=O) groups is 1. The number of ether oxygens (including phenoxy) is 2. The zero-order chi connectivity index (χ0) is 8.27. The summed E-state index contributed by atoms with van der Waals surface area (Å²) < 4.78 is 10.1. The van der Waals surface area contributed by atoms with Gasteiger partial charge in [-0.15, -0.1) is 6.58 Å². The molecule has 0 aromatic rings. The van der Waals surface area contributed by atoms with Gasteiger partial charge in [0.05, 0.1) is 13.0 Å². The Morgan fingerprint density at radius 1 is 1.91 bits per heavy atom. The lowest BCUT2D eigenvalue weighted by Crippen LogP contribution is -2.20. The summed E-state index contributed by atoms with van der Waals surface area (Å²) in [6.45, 7) is 5.82. The van der Waals surface area contributed by atoms with Crippen molar-refractivity contribution in [3.8, 4) is 0 Å². The van der Waals surface area contributed by atoms with Crippen molar-refractivity contribution in [2.75, 3.05) is 6.61 Å². The van der Waals surface area contributed by atoms with E-state index in [0.29, 0.717) is 13.0 Å². The van der Waals surface area contributed by atoms with Gasteiger partial charge in [0.1, 0.15) is 12.2 Å². The molecule has 0 saturated carbocycles. The Morgan fingerprint density at radius 3 is 3.09 bits per heavy atom. The van der Waals surface area contributed by atoms with Crippen LogP contribution in [0.4, 0.5) is 0 Å².